The molecule has 4 aliphatic rings. The van der Waals surface area contributed by atoms with Crippen LogP contribution >= 0.6 is 0 Å². The Morgan fingerprint density at radius 3 is 2.20 bits per heavy atom. The highest BCUT2D eigenvalue weighted by molar-refractivity contribution is 5.98. The third kappa shape index (κ3) is 4.89. The van der Waals surface area contributed by atoms with E-state index in [0.717, 1.165) is 38.3 Å². The third-order valence-corrected chi connectivity index (χ3v) is 6.75. The number of ether oxygens (including phenoxy) is 2. The summed E-state index contributed by atoms with van der Waals surface area (Å²) in [7, 11) is 1.61. The Bertz CT molecular complexity index is 721. The van der Waals surface area contributed by atoms with Gasteiger partial charge in [-0.1, -0.05) is 6.07 Å². The lowest BCUT2D eigenvalue weighted by atomic mass is 9.60. The number of carboxylic acids is 1. The first-order valence-corrected chi connectivity index (χ1v) is 10.9. The number of aliphatic carboxylic acids is 1. The standard InChI is InChI=1S/C21H30N2O3.C2H4O2/c1-25-19-5-2-4-16(20(19)26-11-3-10-22)21(24)23-12-17-14-6-7-15(9-8-14)18(17)13-23;1-2(3)4/h2,4-5,14-15,17-18H,3,6-13,22H2,1H3;1H3,(H,3,4)/t14?,15?,17-,18+;. The quantitative estimate of drug-likeness (QED) is 0.689. The maximum Gasteiger partial charge on any atom is 0.300 e. The lowest BCUT2D eigenvalue weighted by molar-refractivity contribution is -0.134. The smallest absolute Gasteiger partial charge is 0.300 e. The van der Waals surface area contributed by atoms with Gasteiger partial charge in [0.1, 0.15) is 0 Å². The van der Waals surface area contributed by atoms with Crippen molar-refractivity contribution in [3.8, 4) is 11.5 Å². The summed E-state index contributed by atoms with van der Waals surface area (Å²) in [6, 6.07) is 5.58. The van der Waals surface area contributed by atoms with E-state index >= 15 is 0 Å². The lowest BCUT2D eigenvalue weighted by Gasteiger charge is -2.44. The Morgan fingerprint density at radius 1 is 1.13 bits per heavy atom. The molecule has 1 saturated heterocycles. The second-order valence-corrected chi connectivity index (χ2v) is 8.56. The zero-order valence-corrected chi connectivity index (χ0v) is 18.0. The normalized spacial score (nSPS) is 26.4. The number of amides is 1. The molecule has 7 nitrogen and oxygen atoms in total. The first-order valence-electron chi connectivity index (χ1n) is 10.9. The van der Waals surface area contributed by atoms with Gasteiger partial charge in [0.25, 0.3) is 11.9 Å². The van der Waals surface area contributed by atoms with Crippen LogP contribution in [0.3, 0.4) is 0 Å². The van der Waals surface area contributed by atoms with E-state index in [-0.39, 0.29) is 5.91 Å². The van der Waals surface area contributed by atoms with E-state index in [9.17, 15) is 4.79 Å². The first-order chi connectivity index (χ1) is 14.5. The molecule has 0 spiro atoms. The number of carbonyl (C=O) groups excluding carboxylic acids is 1. The van der Waals surface area contributed by atoms with Crippen molar-refractivity contribution >= 4 is 11.9 Å². The highest BCUT2D eigenvalue weighted by atomic mass is 16.5. The molecule has 166 valence electrons. The molecule has 1 aromatic carbocycles. The molecule has 3 N–H and O–H groups in total. The van der Waals surface area contributed by atoms with Gasteiger partial charge in [-0.2, -0.15) is 0 Å². The molecule has 5 rings (SSSR count). The fraction of sp³-hybridized carbons (Fsp3) is 0.652. The van der Waals surface area contributed by atoms with Crippen molar-refractivity contribution in [2.75, 3.05) is 33.4 Å². The van der Waals surface area contributed by atoms with Crippen LogP contribution in [-0.4, -0.2) is 55.2 Å². The molecule has 30 heavy (non-hydrogen) atoms. The number of methoxy groups -OCH3 is 1. The Balaban J connectivity index is 0.000000589. The van der Waals surface area contributed by atoms with E-state index in [0.29, 0.717) is 42.0 Å². The minimum absolute atomic E-state index is 0.0837. The molecule has 2 atom stereocenters. The summed E-state index contributed by atoms with van der Waals surface area (Å²) in [6.45, 7) is 3.96. The average molecular weight is 419 g/mol. The van der Waals surface area contributed by atoms with E-state index in [4.69, 9.17) is 25.1 Å². The van der Waals surface area contributed by atoms with Gasteiger partial charge in [0, 0.05) is 20.0 Å². The average Bonchev–Trinajstić information content (AvgIpc) is 3.21. The molecule has 0 unspecified atom stereocenters. The van der Waals surface area contributed by atoms with Gasteiger partial charge in [0.2, 0.25) is 0 Å². The molecule has 3 saturated carbocycles. The molecule has 1 heterocycles. The van der Waals surface area contributed by atoms with E-state index in [1.54, 1.807) is 7.11 Å². The van der Waals surface area contributed by atoms with Gasteiger partial charge in [-0.15, -0.1) is 0 Å². The van der Waals surface area contributed by atoms with Crippen molar-refractivity contribution in [1.82, 2.24) is 4.90 Å². The van der Waals surface area contributed by atoms with Crippen LogP contribution in [0.4, 0.5) is 0 Å². The number of benzene rings is 1. The summed E-state index contributed by atoms with van der Waals surface area (Å²) < 4.78 is 11.3. The molecule has 7 heteroatoms. The molecule has 1 amide bonds. The number of nitrogens with zero attached hydrogens (tertiary/aromatic N) is 1. The molecule has 1 aliphatic heterocycles. The monoisotopic (exact) mass is 418 g/mol. The van der Waals surface area contributed by atoms with Gasteiger partial charge in [0.05, 0.1) is 19.3 Å². The molecule has 0 aromatic heterocycles. The summed E-state index contributed by atoms with van der Waals surface area (Å²) in [4.78, 5) is 24.4. The van der Waals surface area contributed by atoms with E-state index in [2.05, 4.69) is 4.90 Å². The second kappa shape index (κ2) is 10.2. The van der Waals surface area contributed by atoms with Crippen LogP contribution in [0, 0.1) is 23.7 Å². The number of carbonyl (C=O) groups is 2. The minimum Gasteiger partial charge on any atom is -0.493 e. The Kier molecular flexibility index (Phi) is 7.58. The number of hydrogen-bond donors (Lipinski definition) is 2. The summed E-state index contributed by atoms with van der Waals surface area (Å²) in [5.74, 6) is 3.50. The van der Waals surface area contributed by atoms with Crippen molar-refractivity contribution in [3.63, 3.8) is 0 Å². The summed E-state index contributed by atoms with van der Waals surface area (Å²) >= 11 is 0. The van der Waals surface area contributed by atoms with Crippen LogP contribution < -0.4 is 15.2 Å². The Hall–Kier alpha value is -2.28. The molecular weight excluding hydrogens is 384 g/mol. The van der Waals surface area contributed by atoms with Crippen LogP contribution in [0.15, 0.2) is 18.2 Å². The second-order valence-electron chi connectivity index (χ2n) is 8.56. The van der Waals surface area contributed by atoms with Crippen molar-refractivity contribution in [2.45, 2.75) is 39.0 Å². The number of carboxylic acid groups (broad SMARTS) is 1. The zero-order chi connectivity index (χ0) is 21.7. The first kappa shape index (κ1) is 22.4. The summed E-state index contributed by atoms with van der Waals surface area (Å²) in [5.41, 5.74) is 6.19. The molecule has 4 fully saturated rings. The SMILES string of the molecule is CC(=O)O.COc1cccc(C(=O)N2C[C@@H]3C4CCC(CC4)[C@@H]3C2)c1OCCCN. The van der Waals surface area contributed by atoms with Gasteiger partial charge in [-0.3, -0.25) is 9.59 Å². The van der Waals surface area contributed by atoms with Crippen LogP contribution in [0.1, 0.15) is 49.4 Å². The maximum absolute atomic E-state index is 13.3. The molecule has 2 bridgehead atoms. The van der Waals surface area contributed by atoms with Crippen molar-refractivity contribution in [2.24, 2.45) is 29.4 Å². The van der Waals surface area contributed by atoms with Crippen LogP contribution in [0.2, 0.25) is 0 Å². The zero-order valence-electron chi connectivity index (χ0n) is 18.0. The van der Waals surface area contributed by atoms with E-state index in [1.165, 1.54) is 25.7 Å². The van der Waals surface area contributed by atoms with Gasteiger partial charge in [-0.25, -0.2) is 0 Å². The number of para-hydroxylation sites is 1. The topological polar surface area (TPSA) is 102 Å². The predicted octanol–water partition coefficient (Wildman–Crippen LogP) is 3.02. The largest absolute Gasteiger partial charge is 0.493 e. The molecule has 1 aromatic rings. The van der Waals surface area contributed by atoms with Gasteiger partial charge >= 0.3 is 0 Å². The molecule has 3 aliphatic carbocycles. The van der Waals surface area contributed by atoms with Gasteiger partial charge in [0.15, 0.2) is 11.5 Å². The maximum atomic E-state index is 13.3. The van der Waals surface area contributed by atoms with E-state index < -0.39 is 5.97 Å². The number of nitrogens with two attached hydrogens (primary N) is 1. The molecule has 0 radical (unpaired) electrons. The number of fused-ring (bicyclic) bond motifs is 2. The lowest BCUT2D eigenvalue weighted by Crippen LogP contribution is -2.38. The van der Waals surface area contributed by atoms with Crippen molar-refractivity contribution in [1.29, 1.82) is 0 Å². The van der Waals surface area contributed by atoms with Gasteiger partial charge in [-0.05, 0) is 74.5 Å². The fourth-order valence-corrected chi connectivity index (χ4v) is 5.44. The minimum atomic E-state index is -0.833. The van der Waals surface area contributed by atoms with Crippen LogP contribution in [0.25, 0.3) is 0 Å². The van der Waals surface area contributed by atoms with Crippen molar-refractivity contribution < 1.29 is 24.2 Å². The summed E-state index contributed by atoms with van der Waals surface area (Å²) in [6.07, 6.45) is 6.20. The third-order valence-electron chi connectivity index (χ3n) is 6.75. The van der Waals surface area contributed by atoms with Crippen molar-refractivity contribution in [3.05, 3.63) is 23.8 Å². The Morgan fingerprint density at radius 2 is 1.70 bits per heavy atom. The highest BCUT2D eigenvalue weighted by Crippen LogP contribution is 2.52. The van der Waals surface area contributed by atoms with Crippen LogP contribution in [0.5, 0.6) is 11.5 Å². The fourth-order valence-electron chi connectivity index (χ4n) is 5.44. The van der Waals surface area contributed by atoms with Crippen LogP contribution in [-0.2, 0) is 4.79 Å². The van der Waals surface area contributed by atoms with E-state index in [1.807, 2.05) is 18.2 Å². The summed E-state index contributed by atoms with van der Waals surface area (Å²) in [5, 5.41) is 7.42. The number of likely N-dealkylation sites (tertiary alicyclic amines) is 1. The Labute approximate surface area is 178 Å². The predicted molar refractivity (Wildman–Crippen MR) is 114 cm³/mol. The number of hydrogen-bond acceptors (Lipinski definition) is 5. The molecular formula is C23H34N2O5. The highest BCUT2D eigenvalue weighted by Gasteiger charge is 2.49. The van der Waals surface area contributed by atoms with Gasteiger partial charge < -0.3 is 25.2 Å². The number of rotatable bonds is 6.